The molecule has 0 radical (unpaired) electrons. The summed E-state index contributed by atoms with van der Waals surface area (Å²) in [7, 11) is 0. The van der Waals surface area contributed by atoms with E-state index in [0.717, 1.165) is 5.56 Å². The number of rotatable bonds is 5. The highest BCUT2D eigenvalue weighted by Gasteiger charge is 2.37. The quantitative estimate of drug-likeness (QED) is 0.805. The first-order chi connectivity index (χ1) is 12.6. The van der Waals surface area contributed by atoms with Gasteiger partial charge in [-0.25, -0.2) is 4.98 Å². The van der Waals surface area contributed by atoms with E-state index in [1.165, 1.54) is 0 Å². The van der Waals surface area contributed by atoms with Gasteiger partial charge in [0, 0.05) is 13.0 Å². The second-order valence-corrected chi connectivity index (χ2v) is 6.17. The third kappa shape index (κ3) is 3.81. The number of carbonyl (C=O) groups is 2. The van der Waals surface area contributed by atoms with Crippen molar-refractivity contribution in [2.45, 2.75) is 19.4 Å². The largest absolute Gasteiger partial charge is 0.335 e. The lowest BCUT2D eigenvalue weighted by atomic mass is 10.1. The third-order valence-electron chi connectivity index (χ3n) is 4.46. The van der Waals surface area contributed by atoms with Crippen molar-refractivity contribution in [2.75, 3.05) is 12.0 Å². The maximum Gasteiger partial charge on any atom is 0.243 e. The summed E-state index contributed by atoms with van der Waals surface area (Å²) in [5.41, 5.74) is 6.56. The van der Waals surface area contributed by atoms with Gasteiger partial charge < -0.3 is 4.90 Å². The van der Waals surface area contributed by atoms with E-state index in [-0.39, 0.29) is 30.0 Å². The molecule has 0 aliphatic carbocycles. The Labute approximate surface area is 151 Å². The highest BCUT2D eigenvalue weighted by molar-refractivity contribution is 5.89. The van der Waals surface area contributed by atoms with Gasteiger partial charge in [-0.1, -0.05) is 36.4 Å². The molecule has 2 atom stereocenters. The van der Waals surface area contributed by atoms with Gasteiger partial charge in [0.15, 0.2) is 0 Å². The molecule has 26 heavy (non-hydrogen) atoms. The zero-order valence-corrected chi connectivity index (χ0v) is 14.3. The minimum Gasteiger partial charge on any atom is -0.335 e. The Bertz CT molecular complexity index is 847. The number of aromatic nitrogens is 1. The minimum absolute atomic E-state index is 0.0360. The summed E-state index contributed by atoms with van der Waals surface area (Å²) in [6.07, 6.45) is 0.177. The summed E-state index contributed by atoms with van der Waals surface area (Å²) in [5, 5.41) is 8.85. The average molecular weight is 349 g/mol. The van der Waals surface area contributed by atoms with E-state index in [0.29, 0.717) is 12.4 Å². The molecule has 1 aliphatic heterocycles. The van der Waals surface area contributed by atoms with Crippen molar-refractivity contribution in [2.24, 2.45) is 5.92 Å². The minimum atomic E-state index is -0.430. The molecule has 132 valence electrons. The Morgan fingerprint density at radius 1 is 1.27 bits per heavy atom. The van der Waals surface area contributed by atoms with E-state index in [2.05, 4.69) is 15.8 Å². The molecule has 2 N–H and O–H groups in total. The average Bonchev–Trinajstić information content (AvgIpc) is 3.08. The molecular formula is C19H19N5O2. The lowest BCUT2D eigenvalue weighted by molar-refractivity contribution is -0.130. The molecule has 0 spiro atoms. The number of hydrogen-bond donors (Lipinski definition) is 2. The standard InChI is InChI=1S/C19H19N5O2/c1-13(14-6-3-2-4-7-14)24-12-15(10-18(24)25)19(26)23-22-17-9-5-8-16(11-20)21-17/h2-9,13,15H,10,12H2,1H3,(H,21,22)(H,23,26). The Morgan fingerprint density at radius 2 is 2.04 bits per heavy atom. The van der Waals surface area contributed by atoms with Crippen molar-refractivity contribution in [1.82, 2.24) is 15.3 Å². The Morgan fingerprint density at radius 3 is 2.77 bits per heavy atom. The van der Waals surface area contributed by atoms with Crippen LogP contribution in [0.1, 0.15) is 30.6 Å². The molecule has 2 aromatic rings. The number of anilines is 1. The molecule has 7 nitrogen and oxygen atoms in total. The molecule has 2 unspecified atom stereocenters. The number of nitriles is 1. The number of amides is 2. The topological polar surface area (TPSA) is 98.1 Å². The Hall–Kier alpha value is -3.40. The van der Waals surface area contributed by atoms with Crippen LogP contribution in [0.15, 0.2) is 48.5 Å². The van der Waals surface area contributed by atoms with Crippen LogP contribution < -0.4 is 10.9 Å². The third-order valence-corrected chi connectivity index (χ3v) is 4.46. The number of hydrogen-bond acceptors (Lipinski definition) is 5. The van der Waals surface area contributed by atoms with Crippen LogP contribution >= 0.6 is 0 Å². The van der Waals surface area contributed by atoms with E-state index < -0.39 is 5.92 Å². The molecule has 1 aliphatic rings. The van der Waals surface area contributed by atoms with Gasteiger partial charge >= 0.3 is 0 Å². The van der Waals surface area contributed by atoms with Gasteiger partial charge in [0.1, 0.15) is 17.6 Å². The summed E-state index contributed by atoms with van der Waals surface area (Å²) in [4.78, 5) is 30.5. The van der Waals surface area contributed by atoms with E-state index in [4.69, 9.17) is 5.26 Å². The summed E-state index contributed by atoms with van der Waals surface area (Å²) >= 11 is 0. The van der Waals surface area contributed by atoms with Gasteiger partial charge in [-0.15, -0.1) is 0 Å². The van der Waals surface area contributed by atoms with E-state index in [1.807, 2.05) is 43.3 Å². The van der Waals surface area contributed by atoms with Crippen molar-refractivity contribution in [3.63, 3.8) is 0 Å². The predicted molar refractivity (Wildman–Crippen MR) is 95.4 cm³/mol. The Kier molecular flexibility index (Phi) is 5.13. The zero-order chi connectivity index (χ0) is 18.5. The van der Waals surface area contributed by atoms with Crippen molar-refractivity contribution in [3.05, 3.63) is 59.8 Å². The van der Waals surface area contributed by atoms with Crippen LogP contribution in [0, 0.1) is 17.2 Å². The van der Waals surface area contributed by atoms with Gasteiger partial charge in [0.05, 0.1) is 12.0 Å². The monoisotopic (exact) mass is 349 g/mol. The maximum absolute atomic E-state index is 12.4. The summed E-state index contributed by atoms with van der Waals surface area (Å²) in [6, 6.07) is 16.5. The number of pyridine rings is 1. The number of nitrogens with zero attached hydrogens (tertiary/aromatic N) is 3. The molecule has 1 saturated heterocycles. The lowest BCUT2D eigenvalue weighted by Gasteiger charge is -2.25. The molecule has 2 heterocycles. The normalized spacial score (nSPS) is 17.5. The molecule has 1 aromatic heterocycles. The number of carbonyl (C=O) groups excluding carboxylic acids is 2. The van der Waals surface area contributed by atoms with Crippen molar-refractivity contribution in [1.29, 1.82) is 5.26 Å². The fourth-order valence-corrected chi connectivity index (χ4v) is 2.99. The van der Waals surface area contributed by atoms with Gasteiger partial charge in [0.2, 0.25) is 11.8 Å². The molecular weight excluding hydrogens is 330 g/mol. The van der Waals surface area contributed by atoms with Crippen LogP contribution in [0.5, 0.6) is 0 Å². The molecule has 7 heteroatoms. The van der Waals surface area contributed by atoms with Gasteiger partial charge in [-0.3, -0.25) is 20.4 Å². The number of nitrogens with one attached hydrogen (secondary N) is 2. The van der Waals surface area contributed by atoms with Crippen molar-refractivity contribution < 1.29 is 9.59 Å². The molecule has 0 saturated carbocycles. The Balaban J connectivity index is 1.59. The van der Waals surface area contributed by atoms with Crippen LogP contribution in [0.2, 0.25) is 0 Å². The van der Waals surface area contributed by atoms with Crippen LogP contribution in [0.4, 0.5) is 5.82 Å². The van der Waals surface area contributed by atoms with Crippen molar-refractivity contribution >= 4 is 17.6 Å². The van der Waals surface area contributed by atoms with Crippen LogP contribution in [0.25, 0.3) is 0 Å². The van der Waals surface area contributed by atoms with E-state index in [1.54, 1.807) is 23.1 Å². The summed E-state index contributed by atoms with van der Waals surface area (Å²) in [5.74, 6) is -0.368. The highest BCUT2D eigenvalue weighted by atomic mass is 16.2. The summed E-state index contributed by atoms with van der Waals surface area (Å²) < 4.78 is 0. The number of benzene rings is 1. The van der Waals surface area contributed by atoms with Gasteiger partial charge in [-0.2, -0.15) is 5.26 Å². The molecule has 0 bridgehead atoms. The lowest BCUT2D eigenvalue weighted by Crippen LogP contribution is -2.37. The van der Waals surface area contributed by atoms with Crippen LogP contribution in [-0.2, 0) is 9.59 Å². The van der Waals surface area contributed by atoms with E-state index >= 15 is 0 Å². The number of hydrazine groups is 1. The van der Waals surface area contributed by atoms with Gasteiger partial charge in [-0.05, 0) is 24.6 Å². The fraction of sp³-hybridized carbons (Fsp3) is 0.263. The SMILES string of the molecule is CC(c1ccccc1)N1CC(C(=O)NNc2cccc(C#N)n2)CC1=O. The smallest absolute Gasteiger partial charge is 0.243 e. The molecule has 2 amide bonds. The van der Waals surface area contributed by atoms with Crippen molar-refractivity contribution in [3.8, 4) is 6.07 Å². The van der Waals surface area contributed by atoms with Crippen LogP contribution in [-0.4, -0.2) is 28.2 Å². The second kappa shape index (κ2) is 7.66. The maximum atomic E-state index is 12.4. The highest BCUT2D eigenvalue weighted by Crippen LogP contribution is 2.28. The summed E-state index contributed by atoms with van der Waals surface area (Å²) in [6.45, 7) is 2.33. The van der Waals surface area contributed by atoms with E-state index in [9.17, 15) is 9.59 Å². The van der Waals surface area contributed by atoms with Gasteiger partial charge in [0.25, 0.3) is 0 Å². The first-order valence-corrected chi connectivity index (χ1v) is 8.36. The molecule has 1 aromatic carbocycles. The predicted octanol–water partition coefficient (Wildman–Crippen LogP) is 2.01. The molecule has 1 fully saturated rings. The first-order valence-electron chi connectivity index (χ1n) is 8.36. The number of likely N-dealkylation sites (tertiary alicyclic amines) is 1. The molecule has 3 rings (SSSR count). The second-order valence-electron chi connectivity index (χ2n) is 6.17. The zero-order valence-electron chi connectivity index (χ0n) is 14.3. The fourth-order valence-electron chi connectivity index (χ4n) is 2.99. The van der Waals surface area contributed by atoms with Crippen LogP contribution in [0.3, 0.4) is 0 Å². The first kappa shape index (κ1) is 17.4.